The van der Waals surface area contributed by atoms with E-state index in [1.165, 1.54) is 0 Å². The SMILES string of the molecule is CCOC(CCNC(C)c1ccccn1)OCC. The number of ether oxygens (including phenoxy) is 2. The Morgan fingerprint density at radius 1 is 1.22 bits per heavy atom. The van der Waals surface area contributed by atoms with Gasteiger partial charge < -0.3 is 14.8 Å². The average Bonchev–Trinajstić information content (AvgIpc) is 2.40. The van der Waals surface area contributed by atoms with Gasteiger partial charge in [0.15, 0.2) is 6.29 Å². The van der Waals surface area contributed by atoms with E-state index in [2.05, 4.69) is 17.2 Å². The summed E-state index contributed by atoms with van der Waals surface area (Å²) in [4.78, 5) is 4.32. The number of hydrogen-bond donors (Lipinski definition) is 1. The van der Waals surface area contributed by atoms with E-state index in [4.69, 9.17) is 9.47 Å². The first-order valence-corrected chi connectivity index (χ1v) is 6.65. The first-order chi connectivity index (χ1) is 8.77. The van der Waals surface area contributed by atoms with Gasteiger partial charge in [-0.05, 0) is 32.9 Å². The van der Waals surface area contributed by atoms with E-state index >= 15 is 0 Å². The van der Waals surface area contributed by atoms with Crippen molar-refractivity contribution in [3.05, 3.63) is 30.1 Å². The molecule has 0 spiro atoms. The third-order valence-corrected chi connectivity index (χ3v) is 2.67. The van der Waals surface area contributed by atoms with Crippen molar-refractivity contribution in [3.8, 4) is 0 Å². The minimum atomic E-state index is -0.108. The van der Waals surface area contributed by atoms with Gasteiger partial charge in [-0.3, -0.25) is 4.98 Å². The number of rotatable bonds is 9. The summed E-state index contributed by atoms with van der Waals surface area (Å²) in [5.41, 5.74) is 1.06. The average molecular weight is 252 g/mol. The summed E-state index contributed by atoms with van der Waals surface area (Å²) in [6.07, 6.45) is 2.55. The molecule has 0 aliphatic carbocycles. The van der Waals surface area contributed by atoms with Crippen molar-refractivity contribution in [1.82, 2.24) is 10.3 Å². The van der Waals surface area contributed by atoms with Crippen LogP contribution in [0.3, 0.4) is 0 Å². The van der Waals surface area contributed by atoms with Gasteiger partial charge in [-0.2, -0.15) is 0 Å². The van der Waals surface area contributed by atoms with E-state index < -0.39 is 0 Å². The molecule has 0 saturated heterocycles. The van der Waals surface area contributed by atoms with Gasteiger partial charge in [-0.25, -0.2) is 0 Å². The minimum Gasteiger partial charge on any atom is -0.353 e. The van der Waals surface area contributed by atoms with Crippen LogP contribution in [0.2, 0.25) is 0 Å². The molecule has 0 fully saturated rings. The van der Waals surface area contributed by atoms with E-state index in [0.29, 0.717) is 13.2 Å². The maximum absolute atomic E-state index is 5.49. The second-order valence-corrected chi connectivity index (χ2v) is 4.06. The van der Waals surface area contributed by atoms with E-state index in [1.807, 2.05) is 38.2 Å². The van der Waals surface area contributed by atoms with Crippen LogP contribution in [-0.2, 0) is 9.47 Å². The molecule has 0 amide bonds. The molecule has 1 N–H and O–H groups in total. The number of pyridine rings is 1. The summed E-state index contributed by atoms with van der Waals surface area (Å²) < 4.78 is 11.0. The maximum Gasteiger partial charge on any atom is 0.158 e. The highest BCUT2D eigenvalue weighted by atomic mass is 16.7. The second-order valence-electron chi connectivity index (χ2n) is 4.06. The number of nitrogens with one attached hydrogen (secondary N) is 1. The van der Waals surface area contributed by atoms with Gasteiger partial charge in [0.2, 0.25) is 0 Å². The highest BCUT2D eigenvalue weighted by Crippen LogP contribution is 2.08. The molecule has 18 heavy (non-hydrogen) atoms. The Balaban J connectivity index is 2.27. The monoisotopic (exact) mass is 252 g/mol. The van der Waals surface area contributed by atoms with Crippen molar-refractivity contribution < 1.29 is 9.47 Å². The molecular formula is C14H24N2O2. The van der Waals surface area contributed by atoms with Gasteiger partial charge in [0.25, 0.3) is 0 Å². The Labute approximate surface area is 110 Å². The fraction of sp³-hybridized carbons (Fsp3) is 0.643. The summed E-state index contributed by atoms with van der Waals surface area (Å²) >= 11 is 0. The molecule has 1 atom stereocenters. The van der Waals surface area contributed by atoms with Crippen molar-refractivity contribution in [3.63, 3.8) is 0 Å². The van der Waals surface area contributed by atoms with Crippen LogP contribution in [0.1, 0.15) is 38.9 Å². The van der Waals surface area contributed by atoms with E-state index in [1.54, 1.807) is 0 Å². The first kappa shape index (κ1) is 15.1. The van der Waals surface area contributed by atoms with E-state index in [-0.39, 0.29) is 12.3 Å². The molecule has 1 heterocycles. The predicted octanol–water partition coefficient (Wildman–Crippen LogP) is 2.52. The molecule has 1 aromatic heterocycles. The molecule has 0 radical (unpaired) electrons. The third kappa shape index (κ3) is 5.58. The number of nitrogens with zero attached hydrogens (tertiary/aromatic N) is 1. The molecule has 102 valence electrons. The maximum atomic E-state index is 5.49. The second kappa shape index (κ2) is 9.03. The molecule has 4 nitrogen and oxygen atoms in total. The van der Waals surface area contributed by atoms with E-state index in [0.717, 1.165) is 18.7 Å². The highest BCUT2D eigenvalue weighted by Gasteiger charge is 2.09. The number of aromatic nitrogens is 1. The van der Waals surface area contributed by atoms with Crippen LogP contribution >= 0.6 is 0 Å². The van der Waals surface area contributed by atoms with E-state index in [9.17, 15) is 0 Å². The fourth-order valence-corrected chi connectivity index (χ4v) is 1.74. The summed E-state index contributed by atoms with van der Waals surface area (Å²) in [5, 5.41) is 3.42. The molecule has 4 heteroatoms. The van der Waals surface area contributed by atoms with Crippen LogP contribution < -0.4 is 5.32 Å². The summed E-state index contributed by atoms with van der Waals surface area (Å²) in [6, 6.07) is 6.20. The third-order valence-electron chi connectivity index (χ3n) is 2.67. The van der Waals surface area contributed by atoms with Gasteiger partial charge >= 0.3 is 0 Å². The fourth-order valence-electron chi connectivity index (χ4n) is 1.74. The Bertz CT molecular complexity index is 300. The van der Waals surface area contributed by atoms with Gasteiger partial charge in [0, 0.05) is 38.4 Å². The largest absolute Gasteiger partial charge is 0.353 e. The summed E-state index contributed by atoms with van der Waals surface area (Å²) in [5.74, 6) is 0. The van der Waals surface area contributed by atoms with Crippen LogP contribution in [0.15, 0.2) is 24.4 Å². The quantitative estimate of drug-likeness (QED) is 0.686. The lowest BCUT2D eigenvalue weighted by Gasteiger charge is -2.19. The Morgan fingerprint density at radius 2 is 1.94 bits per heavy atom. The smallest absolute Gasteiger partial charge is 0.158 e. The Morgan fingerprint density at radius 3 is 2.50 bits per heavy atom. The van der Waals surface area contributed by atoms with Gasteiger partial charge in [0.1, 0.15) is 0 Å². The Kier molecular flexibility index (Phi) is 7.57. The standard InChI is InChI=1S/C14H24N2O2/c1-4-17-14(18-5-2)9-11-15-12(3)13-8-6-7-10-16-13/h6-8,10,12,14-15H,4-5,9,11H2,1-3H3. The summed E-state index contributed by atoms with van der Waals surface area (Å²) in [7, 11) is 0. The normalized spacial score (nSPS) is 12.9. The van der Waals surface area contributed by atoms with Crippen LogP contribution in [0.25, 0.3) is 0 Å². The van der Waals surface area contributed by atoms with Crippen molar-refractivity contribution in [2.75, 3.05) is 19.8 Å². The molecule has 1 rings (SSSR count). The van der Waals surface area contributed by atoms with Crippen LogP contribution in [0, 0.1) is 0 Å². The lowest BCUT2D eigenvalue weighted by molar-refractivity contribution is -0.138. The molecule has 0 aliphatic heterocycles. The molecule has 0 aliphatic rings. The highest BCUT2D eigenvalue weighted by molar-refractivity contribution is 5.07. The van der Waals surface area contributed by atoms with Gasteiger partial charge in [-0.1, -0.05) is 6.07 Å². The summed E-state index contributed by atoms with van der Waals surface area (Å²) in [6.45, 7) is 8.29. The van der Waals surface area contributed by atoms with Crippen LogP contribution in [0.4, 0.5) is 0 Å². The number of hydrogen-bond acceptors (Lipinski definition) is 4. The lowest BCUT2D eigenvalue weighted by Crippen LogP contribution is -2.27. The topological polar surface area (TPSA) is 43.4 Å². The zero-order valence-corrected chi connectivity index (χ0v) is 11.6. The molecule has 1 aromatic rings. The lowest BCUT2D eigenvalue weighted by atomic mass is 10.2. The van der Waals surface area contributed by atoms with Crippen molar-refractivity contribution in [2.45, 2.75) is 39.5 Å². The van der Waals surface area contributed by atoms with Gasteiger partial charge in [0.05, 0.1) is 5.69 Å². The minimum absolute atomic E-state index is 0.108. The molecule has 0 bridgehead atoms. The Hall–Kier alpha value is -0.970. The first-order valence-electron chi connectivity index (χ1n) is 6.65. The van der Waals surface area contributed by atoms with Gasteiger partial charge in [-0.15, -0.1) is 0 Å². The zero-order chi connectivity index (χ0) is 13.2. The van der Waals surface area contributed by atoms with Crippen LogP contribution in [-0.4, -0.2) is 31.0 Å². The zero-order valence-electron chi connectivity index (χ0n) is 11.6. The molecule has 0 saturated carbocycles. The van der Waals surface area contributed by atoms with Crippen molar-refractivity contribution in [1.29, 1.82) is 0 Å². The van der Waals surface area contributed by atoms with Crippen LogP contribution in [0.5, 0.6) is 0 Å². The molecule has 1 unspecified atom stereocenters. The van der Waals surface area contributed by atoms with Crippen molar-refractivity contribution in [2.24, 2.45) is 0 Å². The predicted molar refractivity (Wildman–Crippen MR) is 72.3 cm³/mol. The molecular weight excluding hydrogens is 228 g/mol. The molecule has 0 aromatic carbocycles. The van der Waals surface area contributed by atoms with Crippen molar-refractivity contribution >= 4 is 0 Å².